The van der Waals surface area contributed by atoms with E-state index in [1.165, 1.54) is 23.8 Å². The first-order valence-electron chi connectivity index (χ1n) is 13.4. The zero-order valence-corrected chi connectivity index (χ0v) is 23.7. The molecular formula is C30H32N6O4S. The topological polar surface area (TPSA) is 140 Å². The molecule has 0 saturated carbocycles. The maximum absolute atomic E-state index is 13.4. The fourth-order valence-corrected chi connectivity index (χ4v) is 5.77. The van der Waals surface area contributed by atoms with Crippen LogP contribution < -0.4 is 20.1 Å². The number of hydrogen-bond acceptors (Lipinski definition) is 9. The first-order valence-corrected chi connectivity index (χ1v) is 14.9. The molecule has 3 N–H and O–H groups in total. The number of nitrogens with two attached hydrogens (primary N) is 1. The second kappa shape index (κ2) is 11.9. The Morgan fingerprint density at radius 2 is 1.73 bits per heavy atom. The Morgan fingerprint density at radius 3 is 2.39 bits per heavy atom. The number of nitrogens with one attached hydrogen (secondary N) is 1. The van der Waals surface area contributed by atoms with E-state index in [-0.39, 0.29) is 22.5 Å². The molecule has 1 aliphatic heterocycles. The van der Waals surface area contributed by atoms with Crippen molar-refractivity contribution in [1.29, 1.82) is 0 Å². The molecule has 11 heteroatoms. The van der Waals surface area contributed by atoms with Crippen molar-refractivity contribution in [3.63, 3.8) is 0 Å². The Labute approximate surface area is 239 Å². The average molecular weight is 573 g/mol. The molecule has 4 aromatic rings. The monoisotopic (exact) mass is 572 g/mol. The van der Waals surface area contributed by atoms with E-state index in [0.717, 1.165) is 18.4 Å². The van der Waals surface area contributed by atoms with Crippen molar-refractivity contribution in [2.75, 3.05) is 23.7 Å². The van der Waals surface area contributed by atoms with Crippen LogP contribution in [0.25, 0.3) is 11.3 Å². The number of nitrogen functional groups attached to an aromatic ring is 1. The van der Waals surface area contributed by atoms with Crippen molar-refractivity contribution in [3.05, 3.63) is 90.1 Å². The molecule has 1 amide bonds. The molecule has 0 spiro atoms. The zero-order valence-electron chi connectivity index (χ0n) is 22.9. The van der Waals surface area contributed by atoms with E-state index in [2.05, 4.69) is 26.8 Å². The summed E-state index contributed by atoms with van der Waals surface area (Å²) in [6.07, 6.45) is 3.39. The summed E-state index contributed by atoms with van der Waals surface area (Å²) in [6, 6.07) is 21.5. The molecular weight excluding hydrogens is 540 g/mol. The first-order chi connectivity index (χ1) is 19.7. The summed E-state index contributed by atoms with van der Waals surface area (Å²) in [5.41, 5.74) is 8.43. The average Bonchev–Trinajstić information content (AvgIpc) is 2.97. The number of piperidine rings is 1. The number of nitrogens with zero attached hydrogens (tertiary/aromatic N) is 4. The maximum atomic E-state index is 13.4. The lowest BCUT2D eigenvalue weighted by Gasteiger charge is -2.34. The van der Waals surface area contributed by atoms with Gasteiger partial charge in [0.25, 0.3) is 15.9 Å². The Kier molecular flexibility index (Phi) is 8.16. The zero-order chi connectivity index (χ0) is 29.0. The molecule has 5 rings (SSSR count). The van der Waals surface area contributed by atoms with Gasteiger partial charge in [0.2, 0.25) is 5.88 Å². The molecule has 0 radical (unpaired) electrons. The van der Waals surface area contributed by atoms with Crippen molar-refractivity contribution < 1.29 is 17.9 Å². The van der Waals surface area contributed by atoms with Gasteiger partial charge >= 0.3 is 0 Å². The van der Waals surface area contributed by atoms with Crippen LogP contribution in [0.4, 0.5) is 11.6 Å². The molecule has 212 valence electrons. The number of rotatable bonds is 8. The van der Waals surface area contributed by atoms with Crippen LogP contribution in [0.15, 0.2) is 84.0 Å². The van der Waals surface area contributed by atoms with E-state index in [9.17, 15) is 13.2 Å². The van der Waals surface area contributed by atoms with Gasteiger partial charge in [-0.15, -0.1) is 0 Å². The molecule has 1 aromatic carbocycles. The van der Waals surface area contributed by atoms with E-state index < -0.39 is 15.9 Å². The minimum Gasteiger partial charge on any atom is -0.475 e. The highest BCUT2D eigenvalue weighted by Gasteiger charge is 2.28. The number of hydrogen-bond donors (Lipinski definition) is 2. The molecule has 1 fully saturated rings. The third-order valence-electron chi connectivity index (χ3n) is 6.82. The molecule has 10 nitrogen and oxygen atoms in total. The van der Waals surface area contributed by atoms with E-state index >= 15 is 0 Å². The summed E-state index contributed by atoms with van der Waals surface area (Å²) in [4.78, 5) is 28.5. The molecule has 0 bridgehead atoms. The quantitative estimate of drug-likeness (QED) is 0.314. The fraction of sp³-hybridized carbons (Fsp3) is 0.267. The molecule has 1 saturated heterocycles. The van der Waals surface area contributed by atoms with Crippen LogP contribution in [-0.2, 0) is 10.0 Å². The molecule has 0 atom stereocenters. The van der Waals surface area contributed by atoms with Gasteiger partial charge in [-0.05, 0) is 68.5 Å². The summed E-state index contributed by atoms with van der Waals surface area (Å²) in [6.45, 7) is 5.16. The lowest BCUT2D eigenvalue weighted by atomic mass is 9.89. The SMILES string of the molecule is CC(C)Oc1ccc(-c2ccc(C(=O)NS(=O)(=O)c3cccc(N)n3)c(N3CCC(c4ccccc4)CC3)n2)cn1. The van der Waals surface area contributed by atoms with Gasteiger partial charge in [-0.3, -0.25) is 4.79 Å². The molecule has 4 heterocycles. The summed E-state index contributed by atoms with van der Waals surface area (Å²) in [5.74, 6) is 0.535. The molecule has 0 unspecified atom stereocenters. The Hall–Kier alpha value is -4.51. The number of carbonyl (C=O) groups excluding carboxylic acids is 1. The van der Waals surface area contributed by atoms with Crippen LogP contribution in [0, 0.1) is 0 Å². The van der Waals surface area contributed by atoms with Gasteiger partial charge in [0, 0.05) is 30.9 Å². The number of benzene rings is 1. The normalized spacial score (nSPS) is 14.2. The van der Waals surface area contributed by atoms with Crippen molar-refractivity contribution in [1.82, 2.24) is 19.7 Å². The van der Waals surface area contributed by atoms with Crippen molar-refractivity contribution in [3.8, 4) is 17.1 Å². The lowest BCUT2D eigenvalue weighted by Crippen LogP contribution is -2.37. The predicted octanol–water partition coefficient (Wildman–Crippen LogP) is 4.41. The third kappa shape index (κ3) is 6.63. The maximum Gasteiger partial charge on any atom is 0.281 e. The molecule has 0 aliphatic carbocycles. The smallest absolute Gasteiger partial charge is 0.281 e. The fourth-order valence-electron chi connectivity index (χ4n) is 4.83. The van der Waals surface area contributed by atoms with E-state index in [1.807, 2.05) is 43.0 Å². The summed E-state index contributed by atoms with van der Waals surface area (Å²) in [7, 11) is -4.26. The lowest BCUT2D eigenvalue weighted by molar-refractivity contribution is 0.0981. The number of aromatic nitrogens is 3. The number of ether oxygens (including phenoxy) is 1. The van der Waals surface area contributed by atoms with Crippen molar-refractivity contribution >= 4 is 27.6 Å². The van der Waals surface area contributed by atoms with Gasteiger partial charge in [-0.2, -0.15) is 8.42 Å². The van der Waals surface area contributed by atoms with E-state index in [4.69, 9.17) is 15.5 Å². The van der Waals surface area contributed by atoms with Gasteiger partial charge in [0.05, 0.1) is 17.4 Å². The number of carbonyl (C=O) groups is 1. The van der Waals surface area contributed by atoms with Crippen LogP contribution >= 0.6 is 0 Å². The number of sulfonamides is 1. The minimum absolute atomic E-state index is 0.00603. The van der Waals surface area contributed by atoms with E-state index in [1.54, 1.807) is 24.4 Å². The van der Waals surface area contributed by atoms with Crippen LogP contribution in [0.5, 0.6) is 5.88 Å². The Balaban J connectivity index is 1.45. The Bertz CT molecular complexity index is 1620. The van der Waals surface area contributed by atoms with Crippen LogP contribution in [0.2, 0.25) is 0 Å². The van der Waals surface area contributed by atoms with Crippen LogP contribution in [0.1, 0.15) is 48.5 Å². The third-order valence-corrected chi connectivity index (χ3v) is 8.05. The van der Waals surface area contributed by atoms with E-state index in [0.29, 0.717) is 36.4 Å². The number of pyridine rings is 3. The van der Waals surface area contributed by atoms with Gasteiger partial charge < -0.3 is 15.4 Å². The summed E-state index contributed by atoms with van der Waals surface area (Å²) in [5, 5.41) is -0.338. The van der Waals surface area contributed by atoms with Gasteiger partial charge in [0.15, 0.2) is 5.03 Å². The van der Waals surface area contributed by atoms with Crippen LogP contribution in [-0.4, -0.2) is 48.5 Å². The molecule has 3 aromatic heterocycles. The highest BCUT2D eigenvalue weighted by Crippen LogP contribution is 2.32. The molecule has 41 heavy (non-hydrogen) atoms. The standard InChI is InChI=1S/C30H32N6O4S/c1-20(2)40-27-14-11-23(19-32-27)25-13-12-24(30(37)35-41(38,39)28-10-6-9-26(31)34-28)29(33-25)36-17-15-22(16-18-36)21-7-4-3-5-8-21/h3-14,19-20,22H,15-18H2,1-2H3,(H2,31,34)(H,35,37). The Morgan fingerprint density at radius 1 is 0.976 bits per heavy atom. The largest absolute Gasteiger partial charge is 0.475 e. The highest BCUT2D eigenvalue weighted by molar-refractivity contribution is 7.90. The van der Waals surface area contributed by atoms with Gasteiger partial charge in [0.1, 0.15) is 11.6 Å². The summed E-state index contributed by atoms with van der Waals surface area (Å²) >= 11 is 0. The van der Waals surface area contributed by atoms with Crippen LogP contribution in [0.3, 0.4) is 0 Å². The number of amides is 1. The van der Waals surface area contributed by atoms with Gasteiger partial charge in [-0.1, -0.05) is 36.4 Å². The predicted molar refractivity (Wildman–Crippen MR) is 157 cm³/mol. The first kappa shape index (κ1) is 28.0. The van der Waals surface area contributed by atoms with Gasteiger partial charge in [-0.25, -0.2) is 19.7 Å². The molecule has 1 aliphatic rings. The summed E-state index contributed by atoms with van der Waals surface area (Å²) < 4.78 is 33.7. The van der Waals surface area contributed by atoms with Crippen molar-refractivity contribution in [2.45, 2.75) is 43.7 Å². The number of anilines is 2. The minimum atomic E-state index is -4.26. The highest BCUT2D eigenvalue weighted by atomic mass is 32.2. The second-order valence-corrected chi connectivity index (χ2v) is 11.8. The van der Waals surface area contributed by atoms with Crippen molar-refractivity contribution in [2.24, 2.45) is 0 Å². The second-order valence-electron chi connectivity index (χ2n) is 10.1.